The van der Waals surface area contributed by atoms with Crippen molar-refractivity contribution in [3.05, 3.63) is 0 Å². The number of ether oxygens (including phenoxy) is 3. The summed E-state index contributed by atoms with van der Waals surface area (Å²) in [5.74, 6) is -0.434. The molecule has 0 aromatic carbocycles. The molecule has 2 fully saturated rings. The molecule has 0 spiro atoms. The van der Waals surface area contributed by atoms with Crippen LogP contribution in [0.3, 0.4) is 0 Å². The molecule has 2 aliphatic heterocycles. The molecule has 2 saturated heterocycles. The van der Waals surface area contributed by atoms with Gasteiger partial charge in [-0.15, -0.1) is 0 Å². The lowest BCUT2D eigenvalue weighted by atomic mass is 10.3. The van der Waals surface area contributed by atoms with Crippen molar-refractivity contribution in [3.8, 4) is 0 Å². The maximum Gasteiger partial charge on any atom is 0.307 e. The first-order valence-electron chi connectivity index (χ1n) is 11.3. The highest BCUT2D eigenvalue weighted by atomic mass is 35.5. The van der Waals surface area contributed by atoms with E-state index in [1.165, 1.54) is 0 Å². The topological polar surface area (TPSA) is 74.8 Å². The molecule has 180 valence electrons. The van der Waals surface area contributed by atoms with E-state index >= 15 is 0 Å². The second-order valence-corrected chi connectivity index (χ2v) is 9.00. The van der Waals surface area contributed by atoms with Gasteiger partial charge in [0, 0.05) is 65.4 Å². The molecule has 0 aromatic heterocycles. The number of carbonyl (C=O) groups is 2. The number of hydrogen-bond acceptors (Lipinski definition) is 9. The summed E-state index contributed by atoms with van der Waals surface area (Å²) >= 11 is 5.93. The predicted octanol–water partition coefficient (Wildman–Crippen LogP) is 0.665. The zero-order chi connectivity index (χ0) is 22.6. The van der Waals surface area contributed by atoms with Crippen LogP contribution in [0.15, 0.2) is 0 Å². The van der Waals surface area contributed by atoms with Gasteiger partial charge in [0.2, 0.25) is 0 Å². The van der Waals surface area contributed by atoms with Gasteiger partial charge in [0.15, 0.2) is 0 Å². The van der Waals surface area contributed by atoms with Gasteiger partial charge < -0.3 is 28.9 Å². The summed E-state index contributed by atoms with van der Waals surface area (Å²) in [4.78, 5) is 30.8. The van der Waals surface area contributed by atoms with Gasteiger partial charge in [0.25, 0.3) is 0 Å². The van der Waals surface area contributed by atoms with E-state index in [4.69, 9.17) is 26.0 Å². The normalized spacial score (nSPS) is 21.5. The van der Waals surface area contributed by atoms with Gasteiger partial charge in [0.1, 0.15) is 12.7 Å². The number of nitrogens with zero attached hydrogens (tertiary/aromatic N) is 4. The molecule has 31 heavy (non-hydrogen) atoms. The monoisotopic (exact) mass is 462 g/mol. The maximum absolute atomic E-state index is 12.0. The van der Waals surface area contributed by atoms with Crippen molar-refractivity contribution in [2.75, 3.05) is 85.7 Å². The minimum Gasteiger partial charge on any atom is -0.463 e. The number of carbonyl (C=O) groups excluding carboxylic acids is 2. The van der Waals surface area contributed by atoms with Crippen LogP contribution in [0.5, 0.6) is 0 Å². The molecule has 0 radical (unpaired) electrons. The Morgan fingerprint density at radius 2 is 1.35 bits per heavy atom. The predicted molar refractivity (Wildman–Crippen MR) is 119 cm³/mol. The highest BCUT2D eigenvalue weighted by molar-refractivity contribution is 6.13. The Balaban J connectivity index is 1.48. The molecule has 10 heteroatoms. The van der Waals surface area contributed by atoms with Crippen LogP contribution in [0.2, 0.25) is 0 Å². The summed E-state index contributed by atoms with van der Waals surface area (Å²) in [6.07, 6.45) is 0.159. The number of hydrogen-bond donors (Lipinski definition) is 0. The summed E-state index contributed by atoms with van der Waals surface area (Å²) in [5, 5.41) is 0. The zero-order valence-electron chi connectivity index (χ0n) is 19.3. The largest absolute Gasteiger partial charge is 0.463 e. The van der Waals surface area contributed by atoms with Gasteiger partial charge in [-0.2, -0.15) is 0 Å². The number of likely N-dealkylation sites (N-methyl/N-ethyl adjacent to an activating group) is 1. The van der Waals surface area contributed by atoms with Crippen LogP contribution < -0.4 is 0 Å². The summed E-state index contributed by atoms with van der Waals surface area (Å²) < 4.78 is 18.2. The molecule has 2 aliphatic rings. The molecule has 0 aliphatic carbocycles. The third-order valence-electron chi connectivity index (χ3n) is 5.61. The van der Waals surface area contributed by atoms with E-state index in [2.05, 4.69) is 21.7 Å². The smallest absolute Gasteiger partial charge is 0.307 e. The van der Waals surface area contributed by atoms with Crippen LogP contribution in [0.25, 0.3) is 0 Å². The van der Waals surface area contributed by atoms with Crippen molar-refractivity contribution < 1.29 is 23.8 Å². The lowest BCUT2D eigenvalue weighted by molar-refractivity contribution is -0.154. The molecule has 9 nitrogen and oxygen atoms in total. The first-order valence-corrected chi connectivity index (χ1v) is 11.7. The van der Waals surface area contributed by atoms with Crippen molar-refractivity contribution in [2.24, 2.45) is 0 Å². The van der Waals surface area contributed by atoms with E-state index in [0.717, 1.165) is 58.9 Å². The number of esters is 2. The first kappa shape index (κ1) is 26.3. The Bertz CT molecular complexity index is 540. The lowest BCUT2D eigenvalue weighted by Crippen LogP contribution is -2.45. The van der Waals surface area contributed by atoms with Gasteiger partial charge in [0.05, 0.1) is 25.6 Å². The fraction of sp³-hybridized carbons (Fsp3) is 0.905. The Hall–Kier alpha value is -0.970. The molecule has 2 unspecified atom stereocenters. The van der Waals surface area contributed by atoms with Crippen molar-refractivity contribution >= 4 is 23.7 Å². The quantitative estimate of drug-likeness (QED) is 0.307. The highest BCUT2D eigenvalue weighted by Crippen LogP contribution is 2.06. The maximum atomic E-state index is 12.0. The molecule has 2 rings (SSSR count). The van der Waals surface area contributed by atoms with Crippen LogP contribution in [-0.2, 0) is 23.8 Å². The molecular weight excluding hydrogens is 424 g/mol. The fourth-order valence-electron chi connectivity index (χ4n) is 3.47. The summed E-state index contributed by atoms with van der Waals surface area (Å²) in [5.41, 5.74) is 0. The van der Waals surface area contributed by atoms with Crippen molar-refractivity contribution in [1.82, 2.24) is 19.1 Å². The summed E-state index contributed by atoms with van der Waals surface area (Å²) in [6.45, 7) is 12.9. The molecule has 2 heterocycles. The van der Waals surface area contributed by atoms with Crippen molar-refractivity contribution in [1.29, 1.82) is 0 Å². The van der Waals surface area contributed by atoms with Gasteiger partial charge >= 0.3 is 11.9 Å². The van der Waals surface area contributed by atoms with Crippen molar-refractivity contribution in [3.63, 3.8) is 0 Å². The summed E-state index contributed by atoms with van der Waals surface area (Å²) in [7, 11) is 2.11. The Labute approximate surface area is 191 Å². The third kappa shape index (κ3) is 11.5. The molecule has 2 atom stereocenters. The molecule has 0 N–H and O–H groups in total. The highest BCUT2D eigenvalue weighted by Gasteiger charge is 2.18. The Morgan fingerprint density at radius 1 is 0.806 bits per heavy atom. The number of rotatable bonds is 12. The van der Waals surface area contributed by atoms with Crippen LogP contribution in [0, 0.1) is 0 Å². The van der Waals surface area contributed by atoms with E-state index in [1.54, 1.807) is 4.42 Å². The van der Waals surface area contributed by atoms with Gasteiger partial charge in [-0.1, -0.05) is 0 Å². The molecule has 0 amide bonds. The van der Waals surface area contributed by atoms with Gasteiger partial charge in [-0.25, -0.2) is 4.42 Å². The van der Waals surface area contributed by atoms with Crippen molar-refractivity contribution in [2.45, 2.75) is 38.9 Å². The third-order valence-corrected chi connectivity index (χ3v) is 5.94. The van der Waals surface area contributed by atoms with E-state index in [1.807, 2.05) is 13.8 Å². The van der Waals surface area contributed by atoms with Gasteiger partial charge in [-0.3, -0.25) is 9.59 Å². The summed E-state index contributed by atoms with van der Waals surface area (Å²) in [6, 6.07) is 0. The fourth-order valence-corrected chi connectivity index (χ4v) is 3.62. The van der Waals surface area contributed by atoms with E-state index in [-0.39, 0.29) is 37.4 Å². The SMILES string of the molecule is CC(COC(=O)CCN1CCN(Cl)CC1)OCC(C)OC(=O)CCN1CCN(C)CC1. The Morgan fingerprint density at radius 3 is 1.97 bits per heavy atom. The lowest BCUT2D eigenvalue weighted by Gasteiger charge is -2.32. The number of piperazine rings is 2. The first-order chi connectivity index (χ1) is 14.8. The van der Waals surface area contributed by atoms with E-state index in [0.29, 0.717) is 19.4 Å². The second-order valence-electron chi connectivity index (χ2n) is 8.52. The molecule has 0 saturated carbocycles. The average molecular weight is 463 g/mol. The van der Waals surface area contributed by atoms with Crippen LogP contribution in [-0.4, -0.2) is 129 Å². The minimum absolute atomic E-state index is 0.193. The van der Waals surface area contributed by atoms with E-state index < -0.39 is 0 Å². The standard InChI is InChI=1S/C21H39ClN4O5/c1-18(16-30-20(27)4-6-25-12-14-26(22)15-13-25)29-17-19(2)31-21(28)5-7-24-10-8-23(3)9-11-24/h18-19H,4-17H2,1-3H3. The van der Waals surface area contributed by atoms with Gasteiger partial charge in [-0.05, 0) is 32.7 Å². The van der Waals surface area contributed by atoms with Crippen LogP contribution in [0.1, 0.15) is 26.7 Å². The van der Waals surface area contributed by atoms with E-state index in [9.17, 15) is 9.59 Å². The average Bonchev–Trinajstić information content (AvgIpc) is 2.75. The molecule has 0 aromatic rings. The van der Waals surface area contributed by atoms with Crippen LogP contribution in [0.4, 0.5) is 0 Å². The molecular formula is C21H39ClN4O5. The number of halogens is 1. The minimum atomic E-state index is -0.334. The Kier molecular flexibility index (Phi) is 12.1. The van der Waals surface area contributed by atoms with Crippen LogP contribution >= 0.6 is 11.8 Å². The molecule has 0 bridgehead atoms. The second kappa shape index (κ2) is 14.2. The zero-order valence-corrected chi connectivity index (χ0v) is 20.0.